The molecule has 1 aromatic carbocycles. The molecule has 0 aliphatic rings. The Morgan fingerprint density at radius 3 is 3.08 bits per heavy atom. The zero-order chi connectivity index (χ0) is 8.39. The Morgan fingerprint density at radius 2 is 2.25 bits per heavy atom. The highest BCUT2D eigenvalue weighted by atomic mass is 16.5. The van der Waals surface area contributed by atoms with Gasteiger partial charge in [-0.3, -0.25) is 0 Å². The highest BCUT2D eigenvalue weighted by Gasteiger charge is 2.00. The summed E-state index contributed by atoms with van der Waals surface area (Å²) in [6, 6.07) is 7.57. The Labute approximate surface area is 68.6 Å². The van der Waals surface area contributed by atoms with Crippen molar-refractivity contribution in [2.24, 2.45) is 0 Å². The summed E-state index contributed by atoms with van der Waals surface area (Å²) >= 11 is 0. The fourth-order valence-electron chi connectivity index (χ4n) is 1.10. The Bertz CT molecular complexity index is 384. The van der Waals surface area contributed by atoms with Gasteiger partial charge in [0, 0.05) is 0 Å². The van der Waals surface area contributed by atoms with Crippen molar-refractivity contribution >= 4 is 11.0 Å². The van der Waals surface area contributed by atoms with E-state index in [2.05, 4.69) is 10.3 Å². The average Bonchev–Trinajstić information content (AvgIpc) is 2.50. The van der Waals surface area contributed by atoms with Crippen molar-refractivity contribution in [2.75, 3.05) is 0 Å². The summed E-state index contributed by atoms with van der Waals surface area (Å²) in [5, 5.41) is 16.2. The van der Waals surface area contributed by atoms with E-state index in [1.807, 2.05) is 29.7 Å². The van der Waals surface area contributed by atoms with Crippen LogP contribution in [0.4, 0.5) is 0 Å². The summed E-state index contributed by atoms with van der Waals surface area (Å²) < 4.78 is 1.58. The van der Waals surface area contributed by atoms with Crippen LogP contribution in [0.2, 0.25) is 0 Å². The van der Waals surface area contributed by atoms with Gasteiger partial charge in [-0.2, -0.15) is 5.48 Å². The van der Waals surface area contributed by atoms with Crippen molar-refractivity contribution in [3.63, 3.8) is 0 Å². The third-order valence-corrected chi connectivity index (χ3v) is 1.64. The van der Waals surface area contributed by atoms with Gasteiger partial charge in [0.1, 0.15) is 12.2 Å². The van der Waals surface area contributed by atoms with Gasteiger partial charge in [0.15, 0.2) is 0 Å². The minimum atomic E-state index is 0.251. The Hall–Kier alpha value is -1.46. The number of benzene rings is 1. The van der Waals surface area contributed by atoms with E-state index in [1.165, 1.54) is 0 Å². The minimum Gasteiger partial charge on any atom is -0.315 e. The van der Waals surface area contributed by atoms with E-state index in [4.69, 9.17) is 5.21 Å². The van der Waals surface area contributed by atoms with Crippen LogP contribution in [0.15, 0.2) is 24.3 Å². The van der Waals surface area contributed by atoms with Gasteiger partial charge < -0.3 is 5.21 Å². The van der Waals surface area contributed by atoms with E-state index >= 15 is 0 Å². The molecule has 2 aromatic rings. The standard InChI is InChI=1S/C7H8N4O/c12-8-5-11-7-4-2-1-3-6(7)9-10-11/h1-4,8,12H,5H2. The first-order valence-electron chi connectivity index (χ1n) is 3.57. The fraction of sp³-hybridized carbons (Fsp3) is 0.143. The van der Waals surface area contributed by atoms with Crippen molar-refractivity contribution in [3.8, 4) is 0 Å². The summed E-state index contributed by atoms with van der Waals surface area (Å²) in [5.74, 6) is 0. The summed E-state index contributed by atoms with van der Waals surface area (Å²) in [5.41, 5.74) is 3.75. The lowest BCUT2D eigenvalue weighted by Crippen LogP contribution is -2.14. The SMILES string of the molecule is ONCn1nnc2ccccc21. The molecule has 0 radical (unpaired) electrons. The lowest BCUT2D eigenvalue weighted by atomic mass is 10.3. The summed E-state index contributed by atoms with van der Waals surface area (Å²) in [7, 11) is 0. The normalized spacial score (nSPS) is 10.8. The predicted octanol–water partition coefficient (Wildman–Crippen LogP) is 0.368. The van der Waals surface area contributed by atoms with E-state index < -0.39 is 0 Å². The number of nitrogens with zero attached hydrogens (tertiary/aromatic N) is 3. The second kappa shape index (κ2) is 2.88. The molecule has 0 saturated carbocycles. The van der Waals surface area contributed by atoms with E-state index in [0.29, 0.717) is 0 Å². The molecule has 0 fully saturated rings. The van der Waals surface area contributed by atoms with Crippen LogP contribution in [0.1, 0.15) is 0 Å². The van der Waals surface area contributed by atoms with Crippen LogP contribution in [-0.4, -0.2) is 20.2 Å². The van der Waals surface area contributed by atoms with Crippen molar-refractivity contribution in [3.05, 3.63) is 24.3 Å². The highest BCUT2D eigenvalue weighted by molar-refractivity contribution is 5.73. The summed E-state index contributed by atoms with van der Waals surface area (Å²) in [6.07, 6.45) is 0. The quantitative estimate of drug-likeness (QED) is 0.629. The number of rotatable bonds is 2. The maximum Gasteiger partial charge on any atom is 0.116 e. The van der Waals surface area contributed by atoms with Crippen LogP contribution in [0, 0.1) is 0 Å². The van der Waals surface area contributed by atoms with Gasteiger partial charge in [-0.1, -0.05) is 17.3 Å². The van der Waals surface area contributed by atoms with Crippen LogP contribution in [0.5, 0.6) is 0 Å². The second-order valence-corrected chi connectivity index (χ2v) is 2.39. The fourth-order valence-corrected chi connectivity index (χ4v) is 1.10. The van der Waals surface area contributed by atoms with Crippen molar-refractivity contribution in [1.29, 1.82) is 0 Å². The molecule has 1 heterocycles. The Kier molecular flexibility index (Phi) is 1.73. The highest BCUT2D eigenvalue weighted by Crippen LogP contribution is 2.08. The lowest BCUT2D eigenvalue weighted by Gasteiger charge is -1.97. The monoisotopic (exact) mass is 164 g/mol. The molecule has 62 valence electrons. The van der Waals surface area contributed by atoms with Gasteiger partial charge in [-0.25, -0.2) is 4.68 Å². The number of fused-ring (bicyclic) bond motifs is 1. The van der Waals surface area contributed by atoms with Crippen LogP contribution >= 0.6 is 0 Å². The third kappa shape index (κ3) is 1.05. The molecule has 2 N–H and O–H groups in total. The molecule has 0 saturated heterocycles. The predicted molar refractivity (Wildman–Crippen MR) is 42.5 cm³/mol. The van der Waals surface area contributed by atoms with Gasteiger partial charge >= 0.3 is 0 Å². The van der Waals surface area contributed by atoms with E-state index in [1.54, 1.807) is 4.68 Å². The van der Waals surface area contributed by atoms with E-state index in [9.17, 15) is 0 Å². The molecule has 5 nitrogen and oxygen atoms in total. The van der Waals surface area contributed by atoms with Crippen molar-refractivity contribution in [1.82, 2.24) is 20.5 Å². The molecule has 5 heteroatoms. The Morgan fingerprint density at radius 1 is 1.42 bits per heavy atom. The van der Waals surface area contributed by atoms with Crippen LogP contribution < -0.4 is 5.48 Å². The second-order valence-electron chi connectivity index (χ2n) is 2.39. The average molecular weight is 164 g/mol. The Balaban J connectivity index is 2.55. The van der Waals surface area contributed by atoms with Gasteiger partial charge in [0.2, 0.25) is 0 Å². The number of aromatic nitrogens is 3. The molecule has 1 aromatic heterocycles. The van der Waals surface area contributed by atoms with E-state index in [-0.39, 0.29) is 6.67 Å². The molecule has 12 heavy (non-hydrogen) atoms. The molecule has 0 aliphatic carbocycles. The van der Waals surface area contributed by atoms with Gasteiger partial charge in [0.05, 0.1) is 5.52 Å². The summed E-state index contributed by atoms with van der Waals surface area (Å²) in [6.45, 7) is 0.251. The third-order valence-electron chi connectivity index (χ3n) is 1.64. The van der Waals surface area contributed by atoms with Gasteiger partial charge in [0.25, 0.3) is 0 Å². The van der Waals surface area contributed by atoms with E-state index in [0.717, 1.165) is 11.0 Å². The first-order valence-corrected chi connectivity index (χ1v) is 3.57. The zero-order valence-electron chi connectivity index (χ0n) is 6.31. The number of hydroxylamine groups is 1. The molecule has 0 unspecified atom stereocenters. The van der Waals surface area contributed by atoms with Crippen LogP contribution in [0.25, 0.3) is 11.0 Å². The first kappa shape index (κ1) is 7.20. The molecule has 0 spiro atoms. The molecular formula is C7H8N4O. The maximum atomic E-state index is 8.46. The largest absolute Gasteiger partial charge is 0.315 e. The molecular weight excluding hydrogens is 156 g/mol. The smallest absolute Gasteiger partial charge is 0.116 e. The van der Waals surface area contributed by atoms with Gasteiger partial charge in [-0.15, -0.1) is 5.10 Å². The number of hydrogen-bond donors (Lipinski definition) is 2. The van der Waals surface area contributed by atoms with Crippen LogP contribution in [-0.2, 0) is 6.67 Å². The lowest BCUT2D eigenvalue weighted by molar-refractivity contribution is 0.134. The summed E-state index contributed by atoms with van der Waals surface area (Å²) in [4.78, 5) is 0. The molecule has 2 rings (SSSR count). The molecule has 0 aliphatic heterocycles. The zero-order valence-corrected chi connectivity index (χ0v) is 6.31. The first-order chi connectivity index (χ1) is 5.92. The van der Waals surface area contributed by atoms with Crippen molar-refractivity contribution < 1.29 is 5.21 Å². The van der Waals surface area contributed by atoms with Gasteiger partial charge in [-0.05, 0) is 12.1 Å². The van der Waals surface area contributed by atoms with Crippen LogP contribution in [0.3, 0.4) is 0 Å². The molecule has 0 atom stereocenters. The van der Waals surface area contributed by atoms with Crippen molar-refractivity contribution in [2.45, 2.75) is 6.67 Å². The topological polar surface area (TPSA) is 63.0 Å². The number of nitrogens with one attached hydrogen (secondary N) is 1. The molecule has 0 amide bonds. The number of hydrogen-bond acceptors (Lipinski definition) is 4. The molecule has 0 bridgehead atoms. The number of para-hydroxylation sites is 1. The maximum absolute atomic E-state index is 8.46. The minimum absolute atomic E-state index is 0.251.